The van der Waals surface area contributed by atoms with Gasteiger partial charge in [0.15, 0.2) is 0 Å². The van der Waals surface area contributed by atoms with E-state index in [4.69, 9.17) is 5.11 Å². The van der Waals surface area contributed by atoms with Crippen LogP contribution in [0.1, 0.15) is 26.2 Å². The summed E-state index contributed by atoms with van der Waals surface area (Å²) < 4.78 is 0. The van der Waals surface area contributed by atoms with Crippen molar-refractivity contribution in [2.24, 2.45) is 5.41 Å². The van der Waals surface area contributed by atoms with Gasteiger partial charge in [0.1, 0.15) is 0 Å². The molecule has 3 amide bonds. The maximum atomic E-state index is 11.5. The Morgan fingerprint density at radius 3 is 2.53 bits per heavy atom. The summed E-state index contributed by atoms with van der Waals surface area (Å²) in [5.41, 5.74) is 0.163. The number of aliphatic hydroxyl groups is 1. The molecular weight excluding hydrogens is 222 g/mol. The molecule has 0 aromatic rings. The van der Waals surface area contributed by atoms with E-state index in [2.05, 4.69) is 16.0 Å². The molecule has 0 aliphatic heterocycles. The number of rotatable bonds is 6. The summed E-state index contributed by atoms with van der Waals surface area (Å²) >= 11 is 0. The molecule has 6 heteroatoms. The van der Waals surface area contributed by atoms with E-state index in [1.54, 1.807) is 6.92 Å². The Morgan fingerprint density at radius 1 is 1.41 bits per heavy atom. The first-order valence-electron chi connectivity index (χ1n) is 5.90. The number of hydrogen-bond donors (Lipinski definition) is 4. The molecule has 4 N–H and O–H groups in total. The third kappa shape index (κ3) is 4.32. The first-order valence-corrected chi connectivity index (χ1v) is 5.90. The van der Waals surface area contributed by atoms with Crippen LogP contribution in [0.2, 0.25) is 0 Å². The monoisotopic (exact) mass is 243 g/mol. The maximum absolute atomic E-state index is 11.5. The summed E-state index contributed by atoms with van der Waals surface area (Å²) in [5, 5.41) is 16.5. The predicted octanol–water partition coefficient (Wildman–Crippen LogP) is -0.417. The van der Waals surface area contributed by atoms with E-state index in [0.29, 0.717) is 6.54 Å². The SMILES string of the molecule is CNC(=O)NC(=O)C(C)NCC1(CCO)CC1. The van der Waals surface area contributed by atoms with E-state index in [1.165, 1.54) is 7.05 Å². The molecule has 0 radical (unpaired) electrons. The molecule has 1 unspecified atom stereocenters. The highest BCUT2D eigenvalue weighted by molar-refractivity contribution is 5.96. The highest BCUT2D eigenvalue weighted by Crippen LogP contribution is 2.47. The van der Waals surface area contributed by atoms with Crippen LogP contribution in [0.25, 0.3) is 0 Å². The van der Waals surface area contributed by atoms with Gasteiger partial charge in [0, 0.05) is 20.2 Å². The first kappa shape index (κ1) is 13.9. The van der Waals surface area contributed by atoms with Crippen molar-refractivity contribution in [3.05, 3.63) is 0 Å². The summed E-state index contributed by atoms with van der Waals surface area (Å²) in [4.78, 5) is 22.5. The third-order valence-electron chi connectivity index (χ3n) is 3.24. The molecule has 1 aliphatic carbocycles. The van der Waals surface area contributed by atoms with Crippen LogP contribution in [-0.2, 0) is 4.79 Å². The number of nitrogens with one attached hydrogen (secondary N) is 3. The lowest BCUT2D eigenvalue weighted by atomic mass is 10.0. The Balaban J connectivity index is 2.27. The Morgan fingerprint density at radius 2 is 2.06 bits per heavy atom. The van der Waals surface area contributed by atoms with Crippen LogP contribution in [0, 0.1) is 5.41 Å². The number of hydrogen-bond acceptors (Lipinski definition) is 4. The van der Waals surface area contributed by atoms with Gasteiger partial charge in [-0.05, 0) is 31.6 Å². The van der Waals surface area contributed by atoms with E-state index in [1.807, 2.05) is 0 Å². The van der Waals surface area contributed by atoms with Crippen LogP contribution in [0.3, 0.4) is 0 Å². The average molecular weight is 243 g/mol. The second-order valence-corrected chi connectivity index (χ2v) is 4.64. The fourth-order valence-electron chi connectivity index (χ4n) is 1.67. The lowest BCUT2D eigenvalue weighted by molar-refractivity contribution is -0.121. The minimum absolute atomic E-state index is 0.163. The molecule has 1 fully saturated rings. The topological polar surface area (TPSA) is 90.5 Å². The van der Waals surface area contributed by atoms with Gasteiger partial charge >= 0.3 is 6.03 Å². The zero-order chi connectivity index (χ0) is 12.9. The van der Waals surface area contributed by atoms with Crippen LogP contribution >= 0.6 is 0 Å². The molecule has 1 atom stereocenters. The van der Waals surface area contributed by atoms with Gasteiger partial charge in [0.2, 0.25) is 5.91 Å². The predicted molar refractivity (Wildman–Crippen MR) is 63.4 cm³/mol. The van der Waals surface area contributed by atoms with Crippen LogP contribution in [0.4, 0.5) is 4.79 Å². The summed E-state index contributed by atoms with van der Waals surface area (Å²) in [6, 6.07) is -0.913. The van der Waals surface area contributed by atoms with Gasteiger partial charge in [-0.2, -0.15) is 0 Å². The number of carbonyl (C=O) groups excluding carboxylic acids is 2. The lowest BCUT2D eigenvalue weighted by Crippen LogP contribution is -2.48. The van der Waals surface area contributed by atoms with Crippen molar-refractivity contribution < 1.29 is 14.7 Å². The highest BCUT2D eigenvalue weighted by atomic mass is 16.3. The molecule has 0 spiro atoms. The number of aliphatic hydroxyl groups excluding tert-OH is 1. The van der Waals surface area contributed by atoms with E-state index in [-0.39, 0.29) is 17.9 Å². The maximum Gasteiger partial charge on any atom is 0.321 e. The summed E-state index contributed by atoms with van der Waals surface area (Å²) in [5.74, 6) is -0.343. The molecule has 1 rings (SSSR count). The first-order chi connectivity index (χ1) is 8.03. The number of carbonyl (C=O) groups is 2. The lowest BCUT2D eigenvalue weighted by Gasteiger charge is -2.18. The van der Waals surface area contributed by atoms with Crippen LogP contribution in [0.15, 0.2) is 0 Å². The molecule has 0 aromatic carbocycles. The minimum atomic E-state index is -0.500. The van der Waals surface area contributed by atoms with Crippen molar-refractivity contribution in [3.8, 4) is 0 Å². The summed E-state index contributed by atoms with van der Waals surface area (Å²) in [7, 11) is 1.46. The quantitative estimate of drug-likeness (QED) is 0.510. The smallest absolute Gasteiger partial charge is 0.321 e. The molecule has 0 saturated heterocycles. The molecule has 0 aromatic heterocycles. The van der Waals surface area contributed by atoms with Crippen LogP contribution in [0.5, 0.6) is 0 Å². The molecule has 6 nitrogen and oxygen atoms in total. The second kappa shape index (κ2) is 5.97. The van der Waals surface area contributed by atoms with Gasteiger partial charge in [0.25, 0.3) is 0 Å². The standard InChI is InChI=1S/C11H21N3O3/c1-8(9(16)14-10(17)12-2)13-7-11(3-4-11)5-6-15/h8,13,15H,3-7H2,1-2H3,(H2,12,14,16,17). The molecular formula is C11H21N3O3. The fourth-order valence-corrected chi connectivity index (χ4v) is 1.67. The molecule has 1 aliphatic rings. The van der Waals surface area contributed by atoms with Gasteiger partial charge in [0.05, 0.1) is 6.04 Å². The van der Waals surface area contributed by atoms with Crippen LogP contribution < -0.4 is 16.0 Å². The molecule has 0 heterocycles. The van der Waals surface area contributed by atoms with Crippen molar-refractivity contribution >= 4 is 11.9 Å². The van der Waals surface area contributed by atoms with Crippen molar-refractivity contribution in [2.45, 2.75) is 32.2 Å². The Hall–Kier alpha value is -1.14. The highest BCUT2D eigenvalue weighted by Gasteiger charge is 2.41. The molecule has 0 bridgehead atoms. The number of amides is 3. The Labute approximate surface area is 101 Å². The fraction of sp³-hybridized carbons (Fsp3) is 0.818. The third-order valence-corrected chi connectivity index (χ3v) is 3.24. The molecule has 98 valence electrons. The molecule has 1 saturated carbocycles. The van der Waals surface area contributed by atoms with Crippen molar-refractivity contribution in [1.82, 2.24) is 16.0 Å². The van der Waals surface area contributed by atoms with Gasteiger partial charge < -0.3 is 15.7 Å². The van der Waals surface area contributed by atoms with E-state index < -0.39 is 12.1 Å². The zero-order valence-electron chi connectivity index (χ0n) is 10.4. The van der Waals surface area contributed by atoms with E-state index in [0.717, 1.165) is 19.3 Å². The van der Waals surface area contributed by atoms with Crippen molar-refractivity contribution in [2.75, 3.05) is 20.2 Å². The normalized spacial score (nSPS) is 18.3. The Kier molecular flexibility index (Phi) is 4.89. The van der Waals surface area contributed by atoms with Gasteiger partial charge in [-0.15, -0.1) is 0 Å². The average Bonchev–Trinajstić information content (AvgIpc) is 3.06. The zero-order valence-corrected chi connectivity index (χ0v) is 10.4. The van der Waals surface area contributed by atoms with Gasteiger partial charge in [-0.25, -0.2) is 4.79 Å². The van der Waals surface area contributed by atoms with E-state index in [9.17, 15) is 9.59 Å². The molecule has 17 heavy (non-hydrogen) atoms. The van der Waals surface area contributed by atoms with Gasteiger partial charge in [-0.3, -0.25) is 10.1 Å². The van der Waals surface area contributed by atoms with E-state index >= 15 is 0 Å². The minimum Gasteiger partial charge on any atom is -0.396 e. The summed E-state index contributed by atoms with van der Waals surface area (Å²) in [6.07, 6.45) is 2.94. The van der Waals surface area contributed by atoms with Crippen molar-refractivity contribution in [1.29, 1.82) is 0 Å². The Bertz CT molecular complexity index is 290. The summed E-state index contributed by atoms with van der Waals surface area (Å²) in [6.45, 7) is 2.60. The van der Waals surface area contributed by atoms with Crippen molar-refractivity contribution in [3.63, 3.8) is 0 Å². The largest absolute Gasteiger partial charge is 0.396 e. The van der Waals surface area contributed by atoms with Crippen LogP contribution in [-0.4, -0.2) is 43.3 Å². The number of urea groups is 1. The second-order valence-electron chi connectivity index (χ2n) is 4.64. The number of imide groups is 1. The van der Waals surface area contributed by atoms with Gasteiger partial charge in [-0.1, -0.05) is 0 Å².